The maximum atomic E-state index is 12.7. The molecule has 0 bridgehead atoms. The number of para-hydroxylation sites is 2. The Morgan fingerprint density at radius 1 is 1.17 bits per heavy atom. The highest BCUT2D eigenvalue weighted by Gasteiger charge is 2.22. The molecule has 0 spiro atoms. The number of hydrogen-bond donors (Lipinski definition) is 2. The first-order chi connectivity index (χ1) is 11.5. The number of hydrogen-bond acceptors (Lipinski definition) is 3. The predicted octanol–water partition coefficient (Wildman–Crippen LogP) is 3.63. The van der Waals surface area contributed by atoms with E-state index < -0.39 is 11.5 Å². The second-order valence-electron chi connectivity index (χ2n) is 5.22. The Morgan fingerprint density at radius 3 is 2.54 bits per heavy atom. The van der Waals surface area contributed by atoms with E-state index >= 15 is 0 Å². The van der Waals surface area contributed by atoms with Gasteiger partial charge in [-0.25, -0.2) is 0 Å². The lowest BCUT2D eigenvalue weighted by Crippen LogP contribution is -2.29. The minimum atomic E-state index is -0.696. The molecule has 0 radical (unpaired) electrons. The van der Waals surface area contributed by atoms with Crippen LogP contribution in [0.3, 0.4) is 0 Å². The third-order valence-corrected chi connectivity index (χ3v) is 4.14. The third kappa shape index (κ3) is 2.63. The van der Waals surface area contributed by atoms with Gasteiger partial charge in [-0.2, -0.15) is 0 Å². The quantitative estimate of drug-likeness (QED) is 0.763. The smallest absolute Gasteiger partial charge is 0.267 e. The predicted molar refractivity (Wildman–Crippen MR) is 95.0 cm³/mol. The van der Waals surface area contributed by atoms with Gasteiger partial charge in [0, 0.05) is 11.9 Å². The van der Waals surface area contributed by atoms with Gasteiger partial charge in [-0.3, -0.25) is 9.59 Å². The van der Waals surface area contributed by atoms with Gasteiger partial charge in [0.1, 0.15) is 11.3 Å². The molecule has 3 rings (SSSR count). The highest BCUT2D eigenvalue weighted by molar-refractivity contribution is 6.34. The molecule has 0 aliphatic heterocycles. The molecule has 2 aromatic carbocycles. The highest BCUT2D eigenvalue weighted by Crippen LogP contribution is 2.28. The zero-order valence-electron chi connectivity index (χ0n) is 12.9. The molecule has 0 atom stereocenters. The van der Waals surface area contributed by atoms with E-state index in [1.54, 1.807) is 55.5 Å². The molecule has 122 valence electrons. The summed E-state index contributed by atoms with van der Waals surface area (Å²) in [7, 11) is 0. The number of nitrogens with zero attached hydrogens (tertiary/aromatic N) is 1. The Morgan fingerprint density at radius 2 is 1.83 bits per heavy atom. The Balaban J connectivity index is 2.17. The van der Waals surface area contributed by atoms with Gasteiger partial charge in [-0.1, -0.05) is 35.9 Å². The molecular weight excluding hydrogens is 328 g/mol. The number of aromatic nitrogens is 1. The molecule has 1 heterocycles. The molecule has 0 aliphatic rings. The van der Waals surface area contributed by atoms with Gasteiger partial charge in [-0.05, 0) is 31.2 Å². The summed E-state index contributed by atoms with van der Waals surface area (Å²) in [6.45, 7) is 2.19. The van der Waals surface area contributed by atoms with Crippen LogP contribution in [0.25, 0.3) is 10.9 Å². The monoisotopic (exact) mass is 342 g/mol. The summed E-state index contributed by atoms with van der Waals surface area (Å²) in [4.78, 5) is 25.2. The summed E-state index contributed by atoms with van der Waals surface area (Å²) in [6, 6.07) is 13.6. The van der Waals surface area contributed by atoms with Gasteiger partial charge >= 0.3 is 0 Å². The van der Waals surface area contributed by atoms with E-state index in [0.717, 1.165) is 0 Å². The van der Waals surface area contributed by atoms with Gasteiger partial charge in [0.15, 0.2) is 0 Å². The van der Waals surface area contributed by atoms with Crippen LogP contribution >= 0.6 is 11.6 Å². The SMILES string of the molecule is CCn1c(=O)c(C(=O)Nc2ccccc2Cl)c(O)c2ccccc21. The minimum absolute atomic E-state index is 0.296. The van der Waals surface area contributed by atoms with Crippen LogP contribution in [0.1, 0.15) is 17.3 Å². The average molecular weight is 343 g/mol. The highest BCUT2D eigenvalue weighted by atomic mass is 35.5. The Labute approximate surface area is 143 Å². The van der Waals surface area contributed by atoms with Crippen molar-refractivity contribution in [3.63, 3.8) is 0 Å². The summed E-state index contributed by atoms with van der Waals surface area (Å²) in [5.41, 5.74) is 0.115. The molecule has 2 N–H and O–H groups in total. The topological polar surface area (TPSA) is 71.3 Å². The molecule has 0 fully saturated rings. The number of carbonyl (C=O) groups excluding carboxylic acids is 1. The van der Waals surface area contributed by atoms with Gasteiger partial charge < -0.3 is 15.0 Å². The van der Waals surface area contributed by atoms with Crippen LogP contribution < -0.4 is 10.9 Å². The summed E-state index contributed by atoms with van der Waals surface area (Å²) >= 11 is 6.03. The number of nitrogens with one attached hydrogen (secondary N) is 1. The van der Waals surface area contributed by atoms with Crippen LogP contribution in [-0.4, -0.2) is 15.6 Å². The van der Waals surface area contributed by atoms with Crippen molar-refractivity contribution in [3.05, 3.63) is 69.5 Å². The van der Waals surface area contributed by atoms with E-state index in [-0.39, 0.29) is 11.3 Å². The van der Waals surface area contributed by atoms with Gasteiger partial charge in [0.2, 0.25) is 0 Å². The van der Waals surface area contributed by atoms with E-state index in [1.807, 2.05) is 0 Å². The molecule has 24 heavy (non-hydrogen) atoms. The summed E-state index contributed by atoms with van der Waals surface area (Å²) in [5, 5.41) is 13.8. The first kappa shape index (κ1) is 16.1. The van der Waals surface area contributed by atoms with Crippen molar-refractivity contribution < 1.29 is 9.90 Å². The summed E-state index contributed by atoms with van der Waals surface area (Å²) in [5.74, 6) is -1.02. The minimum Gasteiger partial charge on any atom is -0.506 e. The number of carbonyl (C=O) groups is 1. The molecule has 3 aromatic rings. The standard InChI is InChI=1S/C18H15ClN2O3/c1-2-21-14-10-6-3-7-11(14)16(22)15(18(21)24)17(23)20-13-9-5-4-8-12(13)19/h3-10,22H,2H2,1H3,(H,20,23). The molecule has 5 nitrogen and oxygen atoms in total. The van der Waals surface area contributed by atoms with E-state index in [0.29, 0.717) is 28.2 Å². The number of amides is 1. The number of halogens is 1. The molecule has 1 amide bonds. The fourth-order valence-corrected chi connectivity index (χ4v) is 2.84. The number of aryl methyl sites for hydroxylation is 1. The Bertz CT molecular complexity index is 995. The van der Waals surface area contributed by atoms with Crippen molar-refractivity contribution in [1.29, 1.82) is 0 Å². The molecule has 0 saturated carbocycles. The maximum Gasteiger partial charge on any atom is 0.267 e. The van der Waals surface area contributed by atoms with Gasteiger partial charge in [-0.15, -0.1) is 0 Å². The van der Waals surface area contributed by atoms with Crippen LogP contribution in [-0.2, 0) is 6.54 Å². The van der Waals surface area contributed by atoms with Crippen molar-refractivity contribution in [1.82, 2.24) is 4.57 Å². The lowest BCUT2D eigenvalue weighted by molar-refractivity contribution is 0.102. The second kappa shape index (κ2) is 6.37. The van der Waals surface area contributed by atoms with Crippen molar-refractivity contribution >= 4 is 34.1 Å². The summed E-state index contributed by atoms with van der Waals surface area (Å²) < 4.78 is 1.45. The van der Waals surface area contributed by atoms with Crippen LogP contribution in [0.2, 0.25) is 5.02 Å². The van der Waals surface area contributed by atoms with Gasteiger partial charge in [0.25, 0.3) is 11.5 Å². The largest absolute Gasteiger partial charge is 0.506 e. The van der Waals surface area contributed by atoms with E-state index in [4.69, 9.17) is 11.6 Å². The zero-order chi connectivity index (χ0) is 17.3. The number of rotatable bonds is 3. The van der Waals surface area contributed by atoms with Crippen molar-refractivity contribution in [2.75, 3.05) is 5.32 Å². The lowest BCUT2D eigenvalue weighted by Gasteiger charge is -2.14. The molecule has 6 heteroatoms. The fourth-order valence-electron chi connectivity index (χ4n) is 2.66. The van der Waals surface area contributed by atoms with E-state index in [2.05, 4.69) is 5.32 Å². The van der Waals surface area contributed by atoms with E-state index in [9.17, 15) is 14.7 Å². The van der Waals surface area contributed by atoms with Crippen LogP contribution in [0.15, 0.2) is 53.3 Å². The van der Waals surface area contributed by atoms with Crippen molar-refractivity contribution in [2.24, 2.45) is 0 Å². The van der Waals surface area contributed by atoms with Crippen LogP contribution in [0.5, 0.6) is 5.75 Å². The summed E-state index contributed by atoms with van der Waals surface area (Å²) in [6.07, 6.45) is 0. The Kier molecular flexibility index (Phi) is 4.27. The first-order valence-electron chi connectivity index (χ1n) is 7.45. The molecule has 1 aromatic heterocycles. The number of pyridine rings is 1. The third-order valence-electron chi connectivity index (χ3n) is 3.81. The number of anilines is 1. The lowest BCUT2D eigenvalue weighted by atomic mass is 10.1. The maximum absolute atomic E-state index is 12.7. The van der Waals surface area contributed by atoms with Crippen LogP contribution in [0, 0.1) is 0 Å². The zero-order valence-corrected chi connectivity index (χ0v) is 13.7. The molecule has 0 aliphatic carbocycles. The second-order valence-corrected chi connectivity index (χ2v) is 5.63. The fraction of sp³-hybridized carbons (Fsp3) is 0.111. The molecule has 0 unspecified atom stereocenters. The van der Waals surface area contributed by atoms with Crippen molar-refractivity contribution in [2.45, 2.75) is 13.5 Å². The van der Waals surface area contributed by atoms with Crippen molar-refractivity contribution in [3.8, 4) is 5.75 Å². The normalized spacial score (nSPS) is 10.8. The average Bonchev–Trinajstić information content (AvgIpc) is 2.57. The molecule has 0 saturated heterocycles. The van der Waals surface area contributed by atoms with E-state index in [1.165, 1.54) is 4.57 Å². The first-order valence-corrected chi connectivity index (χ1v) is 7.82. The number of fused-ring (bicyclic) bond motifs is 1. The van der Waals surface area contributed by atoms with Crippen LogP contribution in [0.4, 0.5) is 5.69 Å². The van der Waals surface area contributed by atoms with Gasteiger partial charge in [0.05, 0.1) is 16.2 Å². The number of aromatic hydroxyl groups is 1. The Hall–Kier alpha value is -2.79. The molecular formula is C18H15ClN2O3. The number of benzene rings is 2.